The molecule has 8 nitrogen and oxygen atoms in total. The molecule has 0 bridgehead atoms. The van der Waals surface area contributed by atoms with Crippen LogP contribution in [0.15, 0.2) is 46.9 Å². The molecule has 0 spiro atoms. The maximum atomic E-state index is 15.0. The number of aromatic nitrogens is 4. The maximum absolute atomic E-state index is 15.0. The highest BCUT2D eigenvalue weighted by molar-refractivity contribution is 5.83. The van der Waals surface area contributed by atoms with Crippen molar-refractivity contribution in [3.05, 3.63) is 59.3 Å². The summed E-state index contributed by atoms with van der Waals surface area (Å²) in [4.78, 5) is 21.8. The van der Waals surface area contributed by atoms with Crippen molar-refractivity contribution in [2.45, 2.75) is 60.0 Å². The minimum atomic E-state index is -0.656. The smallest absolute Gasteiger partial charge is 0.229 e. The van der Waals surface area contributed by atoms with Crippen molar-refractivity contribution in [2.24, 2.45) is 4.99 Å². The average molecular weight is 551 g/mol. The molecule has 1 saturated heterocycles. The van der Waals surface area contributed by atoms with Crippen LogP contribution in [-0.2, 0) is 0 Å². The second-order valence-electron chi connectivity index (χ2n) is 11.6. The van der Waals surface area contributed by atoms with Gasteiger partial charge in [-0.25, -0.2) is 28.7 Å². The monoisotopic (exact) mass is 550 g/mol. The zero-order chi connectivity index (χ0) is 29.2. The molecular weight excluding hydrogens is 510 g/mol. The van der Waals surface area contributed by atoms with E-state index in [4.69, 9.17) is 0 Å². The number of aliphatic imine (C=N–C) groups is 1. The van der Waals surface area contributed by atoms with E-state index >= 15 is 0 Å². The van der Waals surface area contributed by atoms with Gasteiger partial charge < -0.3 is 9.88 Å². The number of imidazole rings is 1. The molecule has 0 saturated carbocycles. The van der Waals surface area contributed by atoms with Crippen molar-refractivity contribution < 1.29 is 8.78 Å². The zero-order valence-corrected chi connectivity index (χ0v) is 24.6. The van der Waals surface area contributed by atoms with E-state index in [9.17, 15) is 8.78 Å². The predicted molar refractivity (Wildman–Crippen MR) is 159 cm³/mol. The molecule has 1 aliphatic rings. The molecule has 0 aliphatic carbocycles. The number of anilines is 1. The lowest BCUT2D eigenvalue weighted by Gasteiger charge is -2.42. The number of nitrogens with zero attached hydrogens (tertiary/aromatic N) is 7. The van der Waals surface area contributed by atoms with Crippen LogP contribution in [0, 0.1) is 18.6 Å². The first-order chi connectivity index (χ1) is 18.9. The van der Waals surface area contributed by atoms with E-state index in [2.05, 4.69) is 69.5 Å². The quantitative estimate of drug-likeness (QED) is 0.275. The van der Waals surface area contributed by atoms with Crippen molar-refractivity contribution in [1.29, 1.82) is 0 Å². The minimum absolute atomic E-state index is 0.0167. The molecule has 40 heavy (non-hydrogen) atoms. The van der Waals surface area contributed by atoms with Crippen molar-refractivity contribution in [2.75, 3.05) is 38.0 Å². The second-order valence-corrected chi connectivity index (χ2v) is 11.6. The van der Waals surface area contributed by atoms with Crippen LogP contribution in [0.5, 0.6) is 0 Å². The number of allylic oxidation sites excluding steroid dienone is 2. The summed E-state index contributed by atoms with van der Waals surface area (Å²) in [6, 6.07) is 3.02. The minimum Gasteiger partial charge on any atom is -0.326 e. The Morgan fingerprint density at radius 2 is 1.80 bits per heavy atom. The van der Waals surface area contributed by atoms with E-state index in [0.717, 1.165) is 38.9 Å². The lowest BCUT2D eigenvalue weighted by atomic mass is 10.0. The number of fused-ring (bicyclic) bond motifs is 1. The van der Waals surface area contributed by atoms with Crippen LogP contribution in [0.1, 0.15) is 53.4 Å². The summed E-state index contributed by atoms with van der Waals surface area (Å²) in [6.45, 7) is 23.3. The Morgan fingerprint density at radius 3 is 2.42 bits per heavy atom. The van der Waals surface area contributed by atoms with Gasteiger partial charge in [0.2, 0.25) is 5.95 Å². The number of hydrogen-bond donors (Lipinski definition) is 1. The fourth-order valence-electron chi connectivity index (χ4n) is 5.14. The molecule has 3 aromatic rings. The first-order valence-electron chi connectivity index (χ1n) is 13.7. The Balaban J connectivity index is 1.51. The standard InChI is InChI=1S/C30H40F2N8/c1-19(2)40-21(4)35-28-23(31)15-22(16-25(28)40)27-24(32)17-34-29(37-27)36-26(33-8)10-9-20(3)18-38-11-13-39(14-12-38)30(5,6)7/h9-10,15-17,19H,8,11-14,18H2,1-7H3,(H,34,36,37)/b20-9+,26-10+. The van der Waals surface area contributed by atoms with E-state index < -0.39 is 11.6 Å². The highest BCUT2D eigenvalue weighted by atomic mass is 19.1. The molecule has 2 aromatic heterocycles. The van der Waals surface area contributed by atoms with Crippen LogP contribution < -0.4 is 5.32 Å². The molecule has 4 rings (SSSR count). The molecular formula is C30H40F2N8. The third-order valence-electron chi connectivity index (χ3n) is 7.19. The van der Waals surface area contributed by atoms with Gasteiger partial charge in [-0.2, -0.15) is 0 Å². The number of aryl methyl sites for hydroxylation is 1. The largest absolute Gasteiger partial charge is 0.326 e. The van der Waals surface area contributed by atoms with E-state index in [-0.39, 0.29) is 28.7 Å². The molecule has 1 N–H and O–H groups in total. The summed E-state index contributed by atoms with van der Waals surface area (Å²) < 4.78 is 31.8. The summed E-state index contributed by atoms with van der Waals surface area (Å²) in [5.41, 5.74) is 2.49. The van der Waals surface area contributed by atoms with Gasteiger partial charge in [-0.05, 0) is 73.4 Å². The van der Waals surface area contributed by atoms with E-state index in [1.165, 1.54) is 11.6 Å². The number of piperazine rings is 1. The second kappa shape index (κ2) is 11.9. The lowest BCUT2D eigenvalue weighted by Crippen LogP contribution is -2.53. The molecule has 214 valence electrons. The Bertz CT molecular complexity index is 1440. The van der Waals surface area contributed by atoms with E-state index in [1.807, 2.05) is 31.4 Å². The molecule has 1 aromatic carbocycles. The van der Waals surface area contributed by atoms with Gasteiger partial charge in [-0.15, -0.1) is 0 Å². The lowest BCUT2D eigenvalue weighted by molar-refractivity contribution is 0.0664. The molecule has 0 unspecified atom stereocenters. The number of halogens is 2. The van der Waals surface area contributed by atoms with Crippen molar-refractivity contribution in [1.82, 2.24) is 29.3 Å². The summed E-state index contributed by atoms with van der Waals surface area (Å²) in [7, 11) is 0. The Hall–Kier alpha value is -3.50. The number of rotatable bonds is 8. The predicted octanol–water partition coefficient (Wildman–Crippen LogP) is 5.98. The van der Waals surface area contributed by atoms with Crippen LogP contribution in [0.25, 0.3) is 22.3 Å². The van der Waals surface area contributed by atoms with E-state index in [0.29, 0.717) is 22.7 Å². The fraction of sp³-hybridized carbons (Fsp3) is 0.467. The highest BCUT2D eigenvalue weighted by Crippen LogP contribution is 2.30. The molecule has 0 radical (unpaired) electrons. The van der Waals surface area contributed by atoms with Crippen LogP contribution in [0.3, 0.4) is 0 Å². The summed E-state index contributed by atoms with van der Waals surface area (Å²) in [5.74, 6) is 0.0549. The SMILES string of the molecule is C=N/C(=C\C=C(/C)CN1CCN(C(C)(C)C)CC1)Nc1ncc(F)c(-c2cc(F)c3nc(C)n(C(C)C)c3c2)n1. The Morgan fingerprint density at radius 1 is 1.10 bits per heavy atom. The molecule has 3 heterocycles. The molecule has 0 amide bonds. The topological polar surface area (TPSA) is 74.5 Å². The van der Waals surface area contributed by atoms with Crippen molar-refractivity contribution >= 4 is 23.7 Å². The third-order valence-corrected chi connectivity index (χ3v) is 7.19. The van der Waals surface area contributed by atoms with Crippen LogP contribution in [0.4, 0.5) is 14.7 Å². The molecule has 0 atom stereocenters. The fourth-order valence-corrected chi connectivity index (χ4v) is 5.14. The summed E-state index contributed by atoms with van der Waals surface area (Å²) >= 11 is 0. The van der Waals surface area contributed by atoms with Gasteiger partial charge in [0.05, 0.1) is 11.7 Å². The Labute approximate surface area is 235 Å². The van der Waals surface area contributed by atoms with E-state index in [1.54, 1.807) is 12.1 Å². The Kier molecular flexibility index (Phi) is 8.80. The zero-order valence-electron chi connectivity index (χ0n) is 24.6. The van der Waals surface area contributed by atoms with Crippen LogP contribution in [0.2, 0.25) is 0 Å². The van der Waals surface area contributed by atoms with Crippen LogP contribution in [-0.4, -0.2) is 74.3 Å². The van der Waals surface area contributed by atoms with Crippen molar-refractivity contribution in [3.63, 3.8) is 0 Å². The van der Waals surface area contributed by atoms with Gasteiger partial charge in [0, 0.05) is 49.9 Å². The van der Waals surface area contributed by atoms with Crippen LogP contribution >= 0.6 is 0 Å². The number of benzene rings is 1. The molecule has 1 fully saturated rings. The third kappa shape index (κ3) is 6.62. The summed E-state index contributed by atoms with van der Waals surface area (Å²) in [5, 5.41) is 3.00. The van der Waals surface area contributed by atoms with Gasteiger partial charge >= 0.3 is 0 Å². The van der Waals surface area contributed by atoms with Gasteiger partial charge in [0.15, 0.2) is 11.6 Å². The normalized spacial score (nSPS) is 16.2. The van der Waals surface area contributed by atoms with Crippen molar-refractivity contribution in [3.8, 4) is 11.3 Å². The number of hydrogen-bond acceptors (Lipinski definition) is 7. The maximum Gasteiger partial charge on any atom is 0.229 e. The first-order valence-corrected chi connectivity index (χ1v) is 13.7. The van der Waals surface area contributed by atoms with Gasteiger partial charge in [0.1, 0.15) is 22.9 Å². The first kappa shape index (κ1) is 29.5. The van der Waals surface area contributed by atoms with Gasteiger partial charge in [-0.3, -0.25) is 9.80 Å². The molecule has 10 heteroatoms. The average Bonchev–Trinajstić information content (AvgIpc) is 3.23. The van der Waals surface area contributed by atoms with Gasteiger partial charge in [-0.1, -0.05) is 11.6 Å². The number of nitrogens with one attached hydrogen (secondary N) is 1. The summed E-state index contributed by atoms with van der Waals surface area (Å²) in [6.07, 6.45) is 4.85. The highest BCUT2D eigenvalue weighted by Gasteiger charge is 2.25. The molecule has 1 aliphatic heterocycles. The van der Waals surface area contributed by atoms with Gasteiger partial charge in [0.25, 0.3) is 0 Å².